The fourth-order valence-corrected chi connectivity index (χ4v) is 1.38. The minimum Gasteiger partial charge on any atom is -0.366 e. The Morgan fingerprint density at radius 2 is 1.93 bits per heavy atom. The standard InChI is InChI=1S/C11H16Cl2N2/c1-7(11(2,3)4)15-10-9(13)5-8(12)6-14-10/h5-7H,1-4H3,(H,14,15). The Bertz CT molecular complexity index is 345. The van der Waals surface area contributed by atoms with Gasteiger partial charge in [-0.1, -0.05) is 44.0 Å². The van der Waals surface area contributed by atoms with Crippen LogP contribution in [0.5, 0.6) is 0 Å². The lowest BCUT2D eigenvalue weighted by Crippen LogP contribution is -2.31. The Balaban J connectivity index is 2.82. The molecule has 0 aliphatic heterocycles. The fourth-order valence-electron chi connectivity index (χ4n) is 0.942. The van der Waals surface area contributed by atoms with Gasteiger partial charge in [-0.05, 0) is 18.4 Å². The number of nitrogens with zero attached hydrogens (tertiary/aromatic N) is 1. The SMILES string of the molecule is CC(Nc1ncc(Cl)cc1Cl)C(C)(C)C. The number of anilines is 1. The third-order valence-corrected chi connectivity index (χ3v) is 2.95. The Labute approximate surface area is 101 Å². The van der Waals surface area contributed by atoms with Gasteiger partial charge in [0.1, 0.15) is 5.82 Å². The van der Waals surface area contributed by atoms with Crippen LogP contribution >= 0.6 is 23.2 Å². The van der Waals surface area contributed by atoms with Gasteiger partial charge in [0.05, 0.1) is 10.0 Å². The predicted molar refractivity (Wildman–Crippen MR) is 66.8 cm³/mol. The maximum atomic E-state index is 6.01. The summed E-state index contributed by atoms with van der Waals surface area (Å²) in [7, 11) is 0. The van der Waals surface area contributed by atoms with Gasteiger partial charge in [0.2, 0.25) is 0 Å². The highest BCUT2D eigenvalue weighted by Crippen LogP contribution is 2.27. The molecule has 0 aliphatic rings. The third-order valence-electron chi connectivity index (χ3n) is 2.46. The van der Waals surface area contributed by atoms with Crippen molar-refractivity contribution in [3.05, 3.63) is 22.3 Å². The summed E-state index contributed by atoms with van der Waals surface area (Å²) in [6.45, 7) is 8.59. The molecule has 15 heavy (non-hydrogen) atoms. The van der Waals surface area contributed by atoms with Gasteiger partial charge in [-0.25, -0.2) is 4.98 Å². The second-order valence-electron chi connectivity index (χ2n) is 4.72. The number of pyridine rings is 1. The minimum absolute atomic E-state index is 0.157. The van der Waals surface area contributed by atoms with Crippen LogP contribution in [0, 0.1) is 5.41 Å². The van der Waals surface area contributed by atoms with E-state index in [1.165, 1.54) is 0 Å². The summed E-state index contributed by atoms with van der Waals surface area (Å²) in [6.07, 6.45) is 1.59. The van der Waals surface area contributed by atoms with Crippen molar-refractivity contribution in [3.8, 4) is 0 Å². The van der Waals surface area contributed by atoms with Gasteiger partial charge in [0, 0.05) is 12.2 Å². The van der Waals surface area contributed by atoms with Crippen LogP contribution in [-0.4, -0.2) is 11.0 Å². The Morgan fingerprint density at radius 3 is 2.40 bits per heavy atom. The van der Waals surface area contributed by atoms with Crippen molar-refractivity contribution in [2.24, 2.45) is 5.41 Å². The third kappa shape index (κ3) is 3.54. The van der Waals surface area contributed by atoms with Crippen molar-refractivity contribution in [3.63, 3.8) is 0 Å². The Hall–Kier alpha value is -0.470. The van der Waals surface area contributed by atoms with Crippen LogP contribution in [-0.2, 0) is 0 Å². The molecule has 0 spiro atoms. The van der Waals surface area contributed by atoms with Crippen LogP contribution in [0.1, 0.15) is 27.7 Å². The monoisotopic (exact) mass is 246 g/mol. The van der Waals surface area contributed by atoms with Crippen molar-refractivity contribution in [2.75, 3.05) is 5.32 Å². The molecule has 1 N–H and O–H groups in total. The lowest BCUT2D eigenvalue weighted by atomic mass is 9.88. The van der Waals surface area contributed by atoms with E-state index >= 15 is 0 Å². The fraction of sp³-hybridized carbons (Fsp3) is 0.545. The van der Waals surface area contributed by atoms with Crippen LogP contribution in [0.4, 0.5) is 5.82 Å². The van der Waals surface area contributed by atoms with E-state index in [1.54, 1.807) is 12.3 Å². The summed E-state index contributed by atoms with van der Waals surface area (Å²) >= 11 is 11.8. The average Bonchev–Trinajstić information content (AvgIpc) is 2.08. The molecule has 1 aromatic rings. The van der Waals surface area contributed by atoms with Gasteiger partial charge in [-0.15, -0.1) is 0 Å². The number of rotatable bonds is 2. The molecular weight excluding hydrogens is 231 g/mol. The molecule has 0 aromatic carbocycles. The first-order valence-corrected chi connectivity index (χ1v) is 5.64. The first-order valence-electron chi connectivity index (χ1n) is 4.88. The zero-order valence-corrected chi connectivity index (χ0v) is 10.9. The van der Waals surface area contributed by atoms with Crippen LogP contribution in [0.25, 0.3) is 0 Å². The molecule has 4 heteroatoms. The van der Waals surface area contributed by atoms with Gasteiger partial charge in [-0.3, -0.25) is 0 Å². The molecule has 1 heterocycles. The highest BCUT2D eigenvalue weighted by molar-refractivity contribution is 6.35. The van der Waals surface area contributed by atoms with Crippen LogP contribution in [0.15, 0.2) is 12.3 Å². The van der Waals surface area contributed by atoms with E-state index in [-0.39, 0.29) is 11.5 Å². The van der Waals surface area contributed by atoms with E-state index in [4.69, 9.17) is 23.2 Å². The molecule has 0 radical (unpaired) electrons. The average molecular weight is 247 g/mol. The summed E-state index contributed by atoms with van der Waals surface area (Å²) in [5.74, 6) is 0.684. The van der Waals surface area contributed by atoms with E-state index in [9.17, 15) is 0 Å². The first kappa shape index (κ1) is 12.6. The topological polar surface area (TPSA) is 24.9 Å². The number of aromatic nitrogens is 1. The maximum absolute atomic E-state index is 6.01. The van der Waals surface area contributed by atoms with Crippen LogP contribution in [0.3, 0.4) is 0 Å². The molecule has 1 aromatic heterocycles. The highest BCUT2D eigenvalue weighted by atomic mass is 35.5. The number of halogens is 2. The lowest BCUT2D eigenvalue weighted by Gasteiger charge is -2.28. The minimum atomic E-state index is 0.157. The number of nitrogens with one attached hydrogen (secondary N) is 1. The van der Waals surface area contributed by atoms with Crippen molar-refractivity contribution < 1.29 is 0 Å². The smallest absolute Gasteiger partial charge is 0.145 e. The van der Waals surface area contributed by atoms with Gasteiger partial charge in [0.15, 0.2) is 0 Å². The molecular formula is C11H16Cl2N2. The van der Waals surface area contributed by atoms with Gasteiger partial charge in [0.25, 0.3) is 0 Å². The maximum Gasteiger partial charge on any atom is 0.145 e. The van der Waals surface area contributed by atoms with E-state index in [1.807, 2.05) is 0 Å². The lowest BCUT2D eigenvalue weighted by molar-refractivity contribution is 0.359. The van der Waals surface area contributed by atoms with Crippen LogP contribution in [0.2, 0.25) is 10.0 Å². The Morgan fingerprint density at radius 1 is 1.33 bits per heavy atom. The molecule has 1 unspecified atom stereocenters. The van der Waals surface area contributed by atoms with Gasteiger partial charge < -0.3 is 5.32 Å². The van der Waals surface area contributed by atoms with E-state index in [0.29, 0.717) is 15.9 Å². The summed E-state index contributed by atoms with van der Waals surface area (Å²) in [4.78, 5) is 4.16. The molecule has 0 aliphatic carbocycles. The molecule has 0 saturated heterocycles. The predicted octanol–water partition coefficient (Wildman–Crippen LogP) is 4.23. The van der Waals surface area contributed by atoms with Gasteiger partial charge in [-0.2, -0.15) is 0 Å². The summed E-state index contributed by atoms with van der Waals surface area (Å²) in [5.41, 5.74) is 0.157. The molecule has 0 fully saturated rings. The second-order valence-corrected chi connectivity index (χ2v) is 5.56. The normalized spacial score (nSPS) is 13.7. The van der Waals surface area contributed by atoms with Crippen molar-refractivity contribution in [2.45, 2.75) is 33.7 Å². The summed E-state index contributed by atoms with van der Waals surface area (Å²) in [6, 6.07) is 1.97. The molecule has 1 atom stereocenters. The van der Waals surface area contributed by atoms with Gasteiger partial charge >= 0.3 is 0 Å². The Kier molecular flexibility index (Phi) is 3.85. The second kappa shape index (κ2) is 4.58. The number of hydrogen-bond donors (Lipinski definition) is 1. The van der Waals surface area contributed by atoms with Crippen molar-refractivity contribution in [1.82, 2.24) is 4.98 Å². The highest BCUT2D eigenvalue weighted by Gasteiger charge is 2.20. The van der Waals surface area contributed by atoms with E-state index in [0.717, 1.165) is 0 Å². The molecule has 84 valence electrons. The molecule has 0 bridgehead atoms. The summed E-state index contributed by atoms with van der Waals surface area (Å²) < 4.78 is 0. The molecule has 0 saturated carbocycles. The zero-order valence-electron chi connectivity index (χ0n) is 9.44. The molecule has 1 rings (SSSR count). The zero-order chi connectivity index (χ0) is 11.6. The first-order chi connectivity index (χ1) is 6.80. The van der Waals surface area contributed by atoms with Crippen LogP contribution < -0.4 is 5.32 Å². The van der Waals surface area contributed by atoms with Crippen molar-refractivity contribution >= 4 is 29.0 Å². The van der Waals surface area contributed by atoms with E-state index in [2.05, 4.69) is 38.0 Å². The quantitative estimate of drug-likeness (QED) is 0.845. The molecule has 0 amide bonds. The van der Waals surface area contributed by atoms with E-state index < -0.39 is 0 Å². The largest absolute Gasteiger partial charge is 0.366 e. The number of hydrogen-bond acceptors (Lipinski definition) is 2. The molecule has 2 nitrogen and oxygen atoms in total. The van der Waals surface area contributed by atoms with Crippen molar-refractivity contribution in [1.29, 1.82) is 0 Å². The summed E-state index contributed by atoms with van der Waals surface area (Å²) in [5, 5.41) is 4.38.